The fourth-order valence-electron chi connectivity index (χ4n) is 1.49. The van der Waals surface area contributed by atoms with Crippen LogP contribution in [0.15, 0.2) is 41.4 Å². The summed E-state index contributed by atoms with van der Waals surface area (Å²) in [6, 6.07) is 9.63. The summed E-state index contributed by atoms with van der Waals surface area (Å²) in [7, 11) is 1.65. The van der Waals surface area contributed by atoms with Crippen molar-refractivity contribution < 1.29 is 4.74 Å². The number of nitrogens with zero attached hydrogens (tertiary/aromatic N) is 1. The Hall–Kier alpha value is -1.19. The van der Waals surface area contributed by atoms with Crippen molar-refractivity contribution in [2.24, 2.45) is 0 Å². The first-order valence-electron chi connectivity index (χ1n) is 5.08. The maximum absolute atomic E-state index is 6.21. The molecular formula is C13H12ClNOS. The molecular weight excluding hydrogens is 254 g/mol. The topological polar surface area (TPSA) is 22.1 Å². The molecule has 0 aliphatic rings. The second-order valence-electron chi connectivity index (χ2n) is 3.43. The Bertz CT molecular complexity index is 513. The number of halogens is 1. The molecule has 17 heavy (non-hydrogen) atoms. The van der Waals surface area contributed by atoms with E-state index in [1.54, 1.807) is 18.9 Å². The molecule has 0 amide bonds. The van der Waals surface area contributed by atoms with E-state index in [0.29, 0.717) is 5.02 Å². The van der Waals surface area contributed by atoms with Crippen LogP contribution in [-0.2, 0) is 0 Å². The van der Waals surface area contributed by atoms with Crippen molar-refractivity contribution in [3.63, 3.8) is 0 Å². The maximum Gasteiger partial charge on any atom is 0.118 e. The van der Waals surface area contributed by atoms with Crippen LogP contribution in [0, 0.1) is 0 Å². The van der Waals surface area contributed by atoms with Gasteiger partial charge >= 0.3 is 0 Å². The van der Waals surface area contributed by atoms with E-state index in [0.717, 1.165) is 21.9 Å². The maximum atomic E-state index is 6.21. The second-order valence-corrected chi connectivity index (χ2v) is 4.72. The van der Waals surface area contributed by atoms with Gasteiger partial charge in [-0.1, -0.05) is 11.6 Å². The van der Waals surface area contributed by atoms with Crippen LogP contribution in [0.4, 0.5) is 0 Å². The highest BCUT2D eigenvalue weighted by Crippen LogP contribution is 2.29. The number of methoxy groups -OCH3 is 1. The number of hydrogen-bond donors (Lipinski definition) is 0. The van der Waals surface area contributed by atoms with Gasteiger partial charge in [-0.05, 0) is 36.6 Å². The first-order valence-corrected chi connectivity index (χ1v) is 6.69. The molecule has 0 saturated carbocycles. The lowest BCUT2D eigenvalue weighted by atomic mass is 10.1. The molecule has 0 aliphatic carbocycles. The van der Waals surface area contributed by atoms with E-state index in [1.807, 2.05) is 42.8 Å². The average Bonchev–Trinajstić information content (AvgIpc) is 2.39. The summed E-state index contributed by atoms with van der Waals surface area (Å²) >= 11 is 7.84. The van der Waals surface area contributed by atoms with Gasteiger partial charge in [-0.2, -0.15) is 0 Å². The first kappa shape index (κ1) is 12.3. The molecule has 1 heterocycles. The number of aromatic nitrogens is 1. The molecule has 1 aromatic carbocycles. The fraction of sp³-hybridized carbons (Fsp3) is 0.154. The summed E-state index contributed by atoms with van der Waals surface area (Å²) < 4.78 is 5.12. The van der Waals surface area contributed by atoms with Gasteiger partial charge in [-0.3, -0.25) is 4.98 Å². The summed E-state index contributed by atoms with van der Waals surface area (Å²) in [5, 5.41) is 0.669. The summed E-state index contributed by atoms with van der Waals surface area (Å²) in [4.78, 5) is 5.44. The molecule has 0 N–H and O–H groups in total. The van der Waals surface area contributed by atoms with E-state index in [1.165, 1.54) is 0 Å². The molecule has 0 saturated heterocycles. The molecule has 88 valence electrons. The highest BCUT2D eigenvalue weighted by atomic mass is 35.5. The van der Waals surface area contributed by atoms with Gasteiger partial charge in [0.1, 0.15) is 5.75 Å². The lowest BCUT2D eigenvalue weighted by Crippen LogP contribution is -1.87. The summed E-state index contributed by atoms with van der Waals surface area (Å²) in [6.45, 7) is 0. The third-order valence-electron chi connectivity index (χ3n) is 2.42. The Labute approximate surface area is 110 Å². The van der Waals surface area contributed by atoms with Crippen molar-refractivity contribution in [3.8, 4) is 17.0 Å². The van der Waals surface area contributed by atoms with Crippen molar-refractivity contribution in [1.82, 2.24) is 4.98 Å². The zero-order chi connectivity index (χ0) is 12.3. The van der Waals surface area contributed by atoms with Gasteiger partial charge in [0.25, 0.3) is 0 Å². The molecule has 0 radical (unpaired) electrons. The standard InChI is InChI=1S/C13H12ClNOS/c1-16-10-5-3-9(4-6-10)13-12(14)7-11(17-2)8-15-13/h3-8H,1-2H3. The van der Waals surface area contributed by atoms with Crippen LogP contribution < -0.4 is 4.74 Å². The molecule has 0 atom stereocenters. The van der Waals surface area contributed by atoms with Crippen LogP contribution in [-0.4, -0.2) is 18.3 Å². The lowest BCUT2D eigenvalue weighted by Gasteiger charge is -2.06. The molecule has 4 heteroatoms. The molecule has 0 unspecified atom stereocenters. The largest absolute Gasteiger partial charge is 0.497 e. The van der Waals surface area contributed by atoms with E-state index in [4.69, 9.17) is 16.3 Å². The predicted molar refractivity (Wildman–Crippen MR) is 73.0 cm³/mol. The van der Waals surface area contributed by atoms with Crippen molar-refractivity contribution in [2.45, 2.75) is 4.90 Å². The van der Waals surface area contributed by atoms with Crippen molar-refractivity contribution in [1.29, 1.82) is 0 Å². The van der Waals surface area contributed by atoms with Gasteiger partial charge in [0.2, 0.25) is 0 Å². The SMILES string of the molecule is COc1ccc(-c2ncc(SC)cc2Cl)cc1. The molecule has 2 rings (SSSR count). The molecule has 0 spiro atoms. The summed E-state index contributed by atoms with van der Waals surface area (Å²) in [5.74, 6) is 0.825. The van der Waals surface area contributed by atoms with E-state index in [9.17, 15) is 0 Å². The highest BCUT2D eigenvalue weighted by molar-refractivity contribution is 7.98. The van der Waals surface area contributed by atoms with Gasteiger partial charge in [-0.25, -0.2) is 0 Å². The Kier molecular flexibility index (Phi) is 3.92. The number of benzene rings is 1. The monoisotopic (exact) mass is 265 g/mol. The normalized spacial score (nSPS) is 10.3. The fourth-order valence-corrected chi connectivity index (χ4v) is 2.23. The predicted octanol–water partition coefficient (Wildman–Crippen LogP) is 4.13. The lowest BCUT2D eigenvalue weighted by molar-refractivity contribution is 0.415. The van der Waals surface area contributed by atoms with E-state index in [-0.39, 0.29) is 0 Å². The Morgan fingerprint density at radius 2 is 1.94 bits per heavy atom. The smallest absolute Gasteiger partial charge is 0.118 e. The summed E-state index contributed by atoms with van der Waals surface area (Å²) in [5.41, 5.74) is 1.79. The van der Waals surface area contributed by atoms with Crippen molar-refractivity contribution >= 4 is 23.4 Å². The van der Waals surface area contributed by atoms with Crippen LogP contribution in [0.3, 0.4) is 0 Å². The van der Waals surface area contributed by atoms with E-state index >= 15 is 0 Å². The number of thioether (sulfide) groups is 1. The summed E-state index contributed by atoms with van der Waals surface area (Å²) in [6.07, 6.45) is 3.83. The van der Waals surface area contributed by atoms with Gasteiger partial charge in [0.05, 0.1) is 17.8 Å². The highest BCUT2D eigenvalue weighted by Gasteiger charge is 2.06. The minimum atomic E-state index is 0.669. The van der Waals surface area contributed by atoms with Crippen molar-refractivity contribution in [2.75, 3.05) is 13.4 Å². The van der Waals surface area contributed by atoms with E-state index in [2.05, 4.69) is 4.98 Å². The number of ether oxygens (including phenoxy) is 1. The second kappa shape index (κ2) is 5.43. The molecule has 0 aliphatic heterocycles. The van der Waals surface area contributed by atoms with E-state index < -0.39 is 0 Å². The van der Waals surface area contributed by atoms with Gasteiger partial charge in [-0.15, -0.1) is 11.8 Å². The van der Waals surface area contributed by atoms with Gasteiger partial charge in [0.15, 0.2) is 0 Å². The Morgan fingerprint density at radius 1 is 1.24 bits per heavy atom. The third kappa shape index (κ3) is 2.73. The van der Waals surface area contributed by atoms with Gasteiger partial charge in [0, 0.05) is 16.7 Å². The molecule has 0 bridgehead atoms. The molecule has 2 nitrogen and oxygen atoms in total. The molecule has 1 aromatic heterocycles. The van der Waals surface area contributed by atoms with Crippen LogP contribution in [0.2, 0.25) is 5.02 Å². The third-order valence-corrected chi connectivity index (χ3v) is 3.40. The van der Waals surface area contributed by atoms with Crippen LogP contribution in [0.5, 0.6) is 5.75 Å². The zero-order valence-electron chi connectivity index (χ0n) is 9.61. The van der Waals surface area contributed by atoms with Crippen LogP contribution >= 0.6 is 23.4 Å². The molecule has 2 aromatic rings. The Morgan fingerprint density at radius 3 is 2.47 bits per heavy atom. The minimum absolute atomic E-state index is 0.669. The average molecular weight is 266 g/mol. The quantitative estimate of drug-likeness (QED) is 0.779. The van der Waals surface area contributed by atoms with Crippen LogP contribution in [0.1, 0.15) is 0 Å². The number of hydrogen-bond acceptors (Lipinski definition) is 3. The van der Waals surface area contributed by atoms with Gasteiger partial charge < -0.3 is 4.74 Å². The number of pyridine rings is 1. The first-order chi connectivity index (χ1) is 8.24. The number of rotatable bonds is 3. The van der Waals surface area contributed by atoms with Crippen LogP contribution in [0.25, 0.3) is 11.3 Å². The zero-order valence-corrected chi connectivity index (χ0v) is 11.2. The Balaban J connectivity index is 2.38. The minimum Gasteiger partial charge on any atom is -0.497 e. The molecule has 0 fully saturated rings. The van der Waals surface area contributed by atoms with Crippen molar-refractivity contribution in [3.05, 3.63) is 41.6 Å².